The average Bonchev–Trinajstić information content (AvgIpc) is 3.16. The van der Waals surface area contributed by atoms with Crippen molar-refractivity contribution in [1.82, 2.24) is 15.1 Å². The number of hydrogen-bond donors (Lipinski definition) is 1. The average molecular weight is 248 g/mol. The van der Waals surface area contributed by atoms with Gasteiger partial charge >= 0.3 is 0 Å². The lowest BCUT2D eigenvalue weighted by atomic mass is 10.2. The number of amides is 1. The summed E-state index contributed by atoms with van der Waals surface area (Å²) in [5.41, 5.74) is 3.39. The molecule has 0 atom stereocenters. The lowest BCUT2D eigenvalue weighted by Crippen LogP contribution is -2.49. The molecule has 0 aromatic carbocycles. The second-order valence-electron chi connectivity index (χ2n) is 5.37. The van der Waals surface area contributed by atoms with Crippen LogP contribution in [0.25, 0.3) is 0 Å². The van der Waals surface area contributed by atoms with Crippen molar-refractivity contribution in [2.75, 3.05) is 31.1 Å². The molecule has 0 unspecified atom stereocenters. The van der Waals surface area contributed by atoms with Crippen LogP contribution >= 0.6 is 0 Å². The summed E-state index contributed by atoms with van der Waals surface area (Å²) in [4.78, 5) is 16.3. The maximum Gasteiger partial charge on any atom is 0.225 e. The Labute approximate surface area is 107 Å². The lowest BCUT2D eigenvalue weighted by Gasteiger charge is -2.36. The number of anilines is 1. The molecule has 1 aromatic rings. The van der Waals surface area contributed by atoms with E-state index in [0.717, 1.165) is 50.4 Å². The van der Waals surface area contributed by atoms with E-state index in [2.05, 4.69) is 22.0 Å². The summed E-state index contributed by atoms with van der Waals surface area (Å²) in [6.07, 6.45) is 2.19. The van der Waals surface area contributed by atoms with Crippen LogP contribution in [0.3, 0.4) is 0 Å². The normalized spacial score (nSPS) is 20.3. The summed E-state index contributed by atoms with van der Waals surface area (Å²) in [6, 6.07) is 0. The predicted molar refractivity (Wildman–Crippen MR) is 69.6 cm³/mol. The molecule has 5 nitrogen and oxygen atoms in total. The number of carbonyl (C=O) groups excluding carboxylic acids is 1. The van der Waals surface area contributed by atoms with Gasteiger partial charge in [0.2, 0.25) is 5.91 Å². The Morgan fingerprint density at radius 3 is 2.39 bits per heavy atom. The molecule has 2 aliphatic rings. The fourth-order valence-electron chi connectivity index (χ4n) is 2.75. The fraction of sp³-hybridized carbons (Fsp3) is 0.692. The Hall–Kier alpha value is -1.52. The van der Waals surface area contributed by atoms with Gasteiger partial charge in [0, 0.05) is 32.1 Å². The minimum Gasteiger partial charge on any atom is -0.365 e. The molecule has 2 heterocycles. The minimum absolute atomic E-state index is 0.342. The Kier molecular flexibility index (Phi) is 2.76. The first-order valence-corrected chi connectivity index (χ1v) is 6.72. The molecule has 2 fully saturated rings. The predicted octanol–water partition coefficient (Wildman–Crippen LogP) is 1.09. The molecule has 0 spiro atoms. The van der Waals surface area contributed by atoms with E-state index in [1.54, 1.807) is 0 Å². The molecule has 1 aliphatic heterocycles. The Morgan fingerprint density at radius 1 is 1.22 bits per heavy atom. The van der Waals surface area contributed by atoms with Gasteiger partial charge in [0.1, 0.15) is 0 Å². The van der Waals surface area contributed by atoms with Crippen LogP contribution in [0, 0.1) is 19.8 Å². The molecule has 3 rings (SSSR count). The number of piperazine rings is 1. The van der Waals surface area contributed by atoms with E-state index in [9.17, 15) is 4.79 Å². The first-order chi connectivity index (χ1) is 8.66. The number of carbonyl (C=O) groups is 1. The zero-order chi connectivity index (χ0) is 12.7. The second-order valence-corrected chi connectivity index (χ2v) is 5.37. The van der Waals surface area contributed by atoms with E-state index < -0.39 is 0 Å². The molecule has 0 bridgehead atoms. The first kappa shape index (κ1) is 11.6. The summed E-state index contributed by atoms with van der Waals surface area (Å²) >= 11 is 0. The third kappa shape index (κ3) is 1.98. The van der Waals surface area contributed by atoms with E-state index in [1.807, 2.05) is 11.8 Å². The molecule has 1 aliphatic carbocycles. The van der Waals surface area contributed by atoms with Crippen molar-refractivity contribution in [2.24, 2.45) is 5.92 Å². The number of aromatic nitrogens is 2. The minimum atomic E-state index is 0.342. The highest BCUT2D eigenvalue weighted by Crippen LogP contribution is 2.31. The third-order valence-electron chi connectivity index (χ3n) is 3.92. The van der Waals surface area contributed by atoms with Crippen LogP contribution in [0.2, 0.25) is 0 Å². The van der Waals surface area contributed by atoms with Crippen molar-refractivity contribution in [3.63, 3.8) is 0 Å². The van der Waals surface area contributed by atoms with Crippen LogP contribution in [0.4, 0.5) is 5.69 Å². The van der Waals surface area contributed by atoms with Crippen molar-refractivity contribution < 1.29 is 4.79 Å². The molecule has 1 aromatic heterocycles. The van der Waals surface area contributed by atoms with Gasteiger partial charge in [-0.3, -0.25) is 9.89 Å². The number of nitrogens with one attached hydrogen (secondary N) is 1. The number of aryl methyl sites for hydroxylation is 2. The van der Waals surface area contributed by atoms with Crippen LogP contribution in [-0.2, 0) is 4.79 Å². The Morgan fingerprint density at radius 2 is 1.89 bits per heavy atom. The summed E-state index contributed by atoms with van der Waals surface area (Å²) in [5.74, 6) is 0.712. The molecular formula is C13H20N4O. The topological polar surface area (TPSA) is 52.2 Å². The molecule has 0 radical (unpaired) electrons. The quantitative estimate of drug-likeness (QED) is 0.852. The molecule has 1 N–H and O–H groups in total. The van der Waals surface area contributed by atoms with E-state index in [4.69, 9.17) is 0 Å². The van der Waals surface area contributed by atoms with Crippen molar-refractivity contribution in [2.45, 2.75) is 26.7 Å². The lowest BCUT2D eigenvalue weighted by molar-refractivity contribution is -0.132. The number of hydrogen-bond acceptors (Lipinski definition) is 3. The van der Waals surface area contributed by atoms with Crippen LogP contribution in [0.1, 0.15) is 24.2 Å². The van der Waals surface area contributed by atoms with Gasteiger partial charge in [0.05, 0.1) is 17.1 Å². The zero-order valence-electron chi connectivity index (χ0n) is 11.1. The zero-order valence-corrected chi connectivity index (χ0v) is 11.1. The highest BCUT2D eigenvalue weighted by molar-refractivity contribution is 5.81. The van der Waals surface area contributed by atoms with Crippen molar-refractivity contribution in [3.8, 4) is 0 Å². The number of rotatable bonds is 2. The molecule has 18 heavy (non-hydrogen) atoms. The van der Waals surface area contributed by atoms with Crippen molar-refractivity contribution in [1.29, 1.82) is 0 Å². The van der Waals surface area contributed by atoms with Gasteiger partial charge in [-0.05, 0) is 26.7 Å². The van der Waals surface area contributed by atoms with Crippen molar-refractivity contribution in [3.05, 3.63) is 11.4 Å². The maximum absolute atomic E-state index is 12.0. The Bertz CT molecular complexity index is 436. The van der Waals surface area contributed by atoms with E-state index in [-0.39, 0.29) is 0 Å². The smallest absolute Gasteiger partial charge is 0.225 e. The van der Waals surface area contributed by atoms with Crippen LogP contribution in [0.5, 0.6) is 0 Å². The molecule has 1 saturated carbocycles. The maximum atomic E-state index is 12.0. The first-order valence-electron chi connectivity index (χ1n) is 6.72. The van der Waals surface area contributed by atoms with Gasteiger partial charge in [0.25, 0.3) is 0 Å². The fourth-order valence-corrected chi connectivity index (χ4v) is 2.75. The Balaban J connectivity index is 1.64. The largest absolute Gasteiger partial charge is 0.365 e. The van der Waals surface area contributed by atoms with Gasteiger partial charge in [-0.1, -0.05) is 0 Å². The van der Waals surface area contributed by atoms with Crippen LogP contribution in [-0.4, -0.2) is 47.2 Å². The third-order valence-corrected chi connectivity index (χ3v) is 3.92. The van der Waals surface area contributed by atoms with Gasteiger partial charge < -0.3 is 9.80 Å². The van der Waals surface area contributed by atoms with Gasteiger partial charge in [-0.15, -0.1) is 0 Å². The second kappa shape index (κ2) is 4.30. The van der Waals surface area contributed by atoms with Gasteiger partial charge in [-0.25, -0.2) is 0 Å². The van der Waals surface area contributed by atoms with E-state index in [0.29, 0.717) is 11.8 Å². The van der Waals surface area contributed by atoms with Gasteiger partial charge in [0.15, 0.2) is 0 Å². The van der Waals surface area contributed by atoms with Crippen molar-refractivity contribution >= 4 is 11.6 Å². The highest BCUT2D eigenvalue weighted by atomic mass is 16.2. The molecule has 1 amide bonds. The molecule has 98 valence electrons. The standard InChI is InChI=1S/C13H20N4O/c1-9-12(10(2)15-14-9)16-5-7-17(8-6-16)13(18)11-3-4-11/h11H,3-8H2,1-2H3,(H,14,15). The molecular weight excluding hydrogens is 228 g/mol. The van der Waals surface area contributed by atoms with E-state index >= 15 is 0 Å². The number of aromatic amines is 1. The van der Waals surface area contributed by atoms with Crippen LogP contribution in [0.15, 0.2) is 0 Å². The SMILES string of the molecule is Cc1n[nH]c(C)c1N1CCN(C(=O)C2CC2)CC1. The molecule has 5 heteroatoms. The van der Waals surface area contributed by atoms with E-state index in [1.165, 1.54) is 5.69 Å². The highest BCUT2D eigenvalue weighted by Gasteiger charge is 2.34. The summed E-state index contributed by atoms with van der Waals surface area (Å²) in [7, 11) is 0. The number of nitrogens with zero attached hydrogens (tertiary/aromatic N) is 3. The summed E-state index contributed by atoms with van der Waals surface area (Å²) in [6.45, 7) is 7.61. The van der Waals surface area contributed by atoms with Crippen LogP contribution < -0.4 is 4.90 Å². The molecule has 1 saturated heterocycles. The summed E-state index contributed by atoms with van der Waals surface area (Å²) in [5, 5.41) is 7.26. The monoisotopic (exact) mass is 248 g/mol. The number of H-pyrrole nitrogens is 1. The summed E-state index contributed by atoms with van der Waals surface area (Å²) < 4.78 is 0. The van der Waals surface area contributed by atoms with Gasteiger partial charge in [-0.2, -0.15) is 5.10 Å².